The molecule has 0 amide bonds. The molecular formula is C22H20O7. The summed E-state index contributed by atoms with van der Waals surface area (Å²) < 4.78 is 27.5. The minimum atomic E-state index is -0.478. The van der Waals surface area contributed by atoms with Gasteiger partial charge in [-0.2, -0.15) is 0 Å². The normalized spacial score (nSPS) is 12.2. The molecule has 7 heteroatoms. The number of rotatable bonds is 6. The lowest BCUT2D eigenvalue weighted by atomic mass is 10.1. The Labute approximate surface area is 166 Å². The van der Waals surface area contributed by atoms with E-state index in [2.05, 4.69) is 0 Å². The van der Waals surface area contributed by atoms with Crippen LogP contribution >= 0.6 is 0 Å². The molecule has 1 aromatic heterocycles. The SMILES string of the molecule is CCCCC(=O)Oc1c(-c2ccc3c(c2)OCO3)oc2cc(OC)ccc2c1=O. The van der Waals surface area contributed by atoms with Gasteiger partial charge in [0, 0.05) is 18.1 Å². The maximum Gasteiger partial charge on any atom is 0.311 e. The molecule has 150 valence electrons. The summed E-state index contributed by atoms with van der Waals surface area (Å²) >= 11 is 0. The Bertz CT molecular complexity index is 1130. The Morgan fingerprint density at radius 1 is 1.10 bits per heavy atom. The first-order valence-electron chi connectivity index (χ1n) is 9.36. The fourth-order valence-electron chi connectivity index (χ4n) is 3.09. The molecule has 0 saturated heterocycles. The highest BCUT2D eigenvalue weighted by molar-refractivity contribution is 5.85. The van der Waals surface area contributed by atoms with E-state index in [4.69, 9.17) is 23.4 Å². The summed E-state index contributed by atoms with van der Waals surface area (Å²) in [5.41, 5.74) is 0.441. The minimum Gasteiger partial charge on any atom is -0.497 e. The van der Waals surface area contributed by atoms with Crippen LogP contribution in [0, 0.1) is 0 Å². The third-order valence-corrected chi connectivity index (χ3v) is 4.64. The van der Waals surface area contributed by atoms with Crippen LogP contribution < -0.4 is 24.4 Å². The van der Waals surface area contributed by atoms with E-state index in [1.54, 1.807) is 36.4 Å². The number of hydrogen-bond donors (Lipinski definition) is 0. The van der Waals surface area contributed by atoms with Crippen molar-refractivity contribution in [1.82, 2.24) is 0 Å². The molecular weight excluding hydrogens is 376 g/mol. The van der Waals surface area contributed by atoms with Gasteiger partial charge in [0.25, 0.3) is 0 Å². The van der Waals surface area contributed by atoms with E-state index in [1.807, 2.05) is 6.92 Å². The van der Waals surface area contributed by atoms with Gasteiger partial charge in [0.1, 0.15) is 11.3 Å². The molecule has 1 aliphatic heterocycles. The molecule has 0 radical (unpaired) electrons. The molecule has 0 bridgehead atoms. The third-order valence-electron chi connectivity index (χ3n) is 4.64. The minimum absolute atomic E-state index is 0.122. The van der Waals surface area contributed by atoms with Crippen LogP contribution in [0.3, 0.4) is 0 Å². The van der Waals surface area contributed by atoms with Gasteiger partial charge in [0.15, 0.2) is 17.3 Å². The van der Waals surface area contributed by atoms with Gasteiger partial charge in [-0.25, -0.2) is 0 Å². The number of carbonyl (C=O) groups excluding carboxylic acids is 1. The molecule has 0 spiro atoms. The molecule has 0 N–H and O–H groups in total. The molecule has 0 atom stereocenters. The Balaban J connectivity index is 1.88. The van der Waals surface area contributed by atoms with E-state index in [0.717, 1.165) is 6.42 Å². The van der Waals surface area contributed by atoms with Crippen LogP contribution in [-0.4, -0.2) is 19.9 Å². The quantitative estimate of drug-likeness (QED) is 0.575. The second-order valence-electron chi connectivity index (χ2n) is 6.60. The monoisotopic (exact) mass is 396 g/mol. The van der Waals surface area contributed by atoms with E-state index in [-0.39, 0.29) is 24.7 Å². The van der Waals surface area contributed by atoms with Gasteiger partial charge in [-0.05, 0) is 36.8 Å². The number of esters is 1. The van der Waals surface area contributed by atoms with Crippen molar-refractivity contribution in [1.29, 1.82) is 0 Å². The first kappa shape index (κ1) is 18.9. The molecule has 2 aromatic carbocycles. The summed E-state index contributed by atoms with van der Waals surface area (Å²) in [6.45, 7) is 2.10. The topological polar surface area (TPSA) is 84.2 Å². The summed E-state index contributed by atoms with van der Waals surface area (Å²) in [6, 6.07) is 10.00. The van der Waals surface area contributed by atoms with Crippen LogP contribution in [0.15, 0.2) is 45.6 Å². The van der Waals surface area contributed by atoms with Gasteiger partial charge >= 0.3 is 5.97 Å². The largest absolute Gasteiger partial charge is 0.497 e. The van der Waals surface area contributed by atoms with E-state index >= 15 is 0 Å². The van der Waals surface area contributed by atoms with E-state index < -0.39 is 11.4 Å². The van der Waals surface area contributed by atoms with Crippen LogP contribution in [0.25, 0.3) is 22.3 Å². The first-order valence-corrected chi connectivity index (χ1v) is 9.36. The van der Waals surface area contributed by atoms with Crippen molar-refractivity contribution in [3.8, 4) is 34.3 Å². The van der Waals surface area contributed by atoms with Crippen molar-refractivity contribution in [2.45, 2.75) is 26.2 Å². The smallest absolute Gasteiger partial charge is 0.311 e. The van der Waals surface area contributed by atoms with Crippen LogP contribution in [0.5, 0.6) is 23.0 Å². The zero-order chi connectivity index (χ0) is 20.4. The van der Waals surface area contributed by atoms with Crippen molar-refractivity contribution in [2.24, 2.45) is 0 Å². The average Bonchev–Trinajstić information content (AvgIpc) is 3.21. The summed E-state index contributed by atoms with van der Waals surface area (Å²) in [4.78, 5) is 25.4. The molecule has 1 aliphatic rings. The first-order chi connectivity index (χ1) is 14.1. The van der Waals surface area contributed by atoms with Crippen LogP contribution in [0.4, 0.5) is 0 Å². The van der Waals surface area contributed by atoms with E-state index in [1.165, 1.54) is 7.11 Å². The molecule has 0 saturated carbocycles. The summed E-state index contributed by atoms with van der Waals surface area (Å²) in [5.74, 6) is 1.21. The molecule has 3 aromatic rings. The highest BCUT2D eigenvalue weighted by Crippen LogP contribution is 2.39. The molecule has 4 rings (SSSR count). The number of fused-ring (bicyclic) bond motifs is 2. The molecule has 29 heavy (non-hydrogen) atoms. The predicted molar refractivity (Wildman–Crippen MR) is 106 cm³/mol. The highest BCUT2D eigenvalue weighted by atomic mass is 16.7. The predicted octanol–water partition coefficient (Wildman–Crippen LogP) is 4.29. The van der Waals surface area contributed by atoms with Gasteiger partial charge in [-0.3, -0.25) is 9.59 Å². The van der Waals surface area contributed by atoms with Crippen molar-refractivity contribution >= 4 is 16.9 Å². The Morgan fingerprint density at radius 2 is 1.93 bits per heavy atom. The lowest BCUT2D eigenvalue weighted by molar-refractivity contribution is -0.134. The number of hydrogen-bond acceptors (Lipinski definition) is 7. The third kappa shape index (κ3) is 3.63. The number of unbranched alkanes of at least 4 members (excludes halogenated alkanes) is 1. The zero-order valence-corrected chi connectivity index (χ0v) is 16.2. The number of carbonyl (C=O) groups is 1. The molecule has 0 unspecified atom stereocenters. The van der Waals surface area contributed by atoms with Crippen LogP contribution in [0.1, 0.15) is 26.2 Å². The van der Waals surface area contributed by atoms with Crippen molar-refractivity contribution in [2.75, 3.05) is 13.9 Å². The maximum atomic E-state index is 13.1. The lowest BCUT2D eigenvalue weighted by Crippen LogP contribution is -2.16. The second kappa shape index (κ2) is 7.87. The van der Waals surface area contributed by atoms with Crippen molar-refractivity contribution < 1.29 is 28.2 Å². The van der Waals surface area contributed by atoms with Gasteiger partial charge in [0.05, 0.1) is 12.5 Å². The fourth-order valence-corrected chi connectivity index (χ4v) is 3.09. The number of ether oxygens (including phenoxy) is 4. The fraction of sp³-hybridized carbons (Fsp3) is 0.273. The Kier molecular flexibility index (Phi) is 5.12. The lowest BCUT2D eigenvalue weighted by Gasteiger charge is -2.11. The molecule has 0 fully saturated rings. The van der Waals surface area contributed by atoms with E-state index in [0.29, 0.717) is 40.2 Å². The number of methoxy groups -OCH3 is 1. The molecule has 7 nitrogen and oxygen atoms in total. The summed E-state index contributed by atoms with van der Waals surface area (Å²) in [7, 11) is 1.53. The zero-order valence-electron chi connectivity index (χ0n) is 16.2. The van der Waals surface area contributed by atoms with Gasteiger partial charge in [-0.1, -0.05) is 13.3 Å². The Morgan fingerprint density at radius 3 is 2.72 bits per heavy atom. The van der Waals surface area contributed by atoms with Crippen LogP contribution in [0.2, 0.25) is 0 Å². The highest BCUT2D eigenvalue weighted by Gasteiger charge is 2.23. The summed E-state index contributed by atoms with van der Waals surface area (Å²) in [6.07, 6.45) is 1.74. The maximum absolute atomic E-state index is 13.1. The van der Waals surface area contributed by atoms with Crippen LogP contribution in [-0.2, 0) is 4.79 Å². The standard InChI is InChI=1S/C22H20O7/c1-3-4-5-19(23)29-22-20(24)15-8-7-14(25-2)11-17(15)28-21(22)13-6-9-16-18(10-13)27-12-26-16/h6-11H,3-5,12H2,1-2H3. The van der Waals surface area contributed by atoms with Gasteiger partial charge < -0.3 is 23.4 Å². The van der Waals surface area contributed by atoms with E-state index in [9.17, 15) is 9.59 Å². The van der Waals surface area contributed by atoms with Crippen molar-refractivity contribution in [3.63, 3.8) is 0 Å². The Hall–Kier alpha value is -3.48. The van der Waals surface area contributed by atoms with Gasteiger partial charge in [0.2, 0.25) is 18.0 Å². The summed E-state index contributed by atoms with van der Waals surface area (Å²) in [5, 5.41) is 0.300. The van der Waals surface area contributed by atoms with Crippen molar-refractivity contribution in [3.05, 3.63) is 46.6 Å². The second-order valence-corrected chi connectivity index (χ2v) is 6.60. The number of benzene rings is 2. The molecule has 0 aliphatic carbocycles. The molecule has 2 heterocycles. The van der Waals surface area contributed by atoms with Gasteiger partial charge in [-0.15, -0.1) is 0 Å². The average molecular weight is 396 g/mol.